The second-order valence-corrected chi connectivity index (χ2v) is 11.6. The Morgan fingerprint density at radius 3 is 2.30 bits per heavy atom. The number of hydrogen-bond acceptors (Lipinski definition) is 4. The van der Waals surface area contributed by atoms with Gasteiger partial charge in [0, 0.05) is 31.6 Å². The second kappa shape index (κ2) is 11.5. The third-order valence-corrected chi connectivity index (χ3v) is 6.91. The summed E-state index contributed by atoms with van der Waals surface area (Å²) in [5, 5.41) is 0.565. The van der Waals surface area contributed by atoms with Crippen molar-refractivity contribution >= 4 is 70.0 Å². The van der Waals surface area contributed by atoms with E-state index in [1.165, 1.54) is 22.9 Å². The quantitative estimate of drug-likeness (QED) is 0.335. The zero-order valence-corrected chi connectivity index (χ0v) is 23.1. The summed E-state index contributed by atoms with van der Waals surface area (Å²) in [4.78, 5) is 28.6. The molecule has 0 aromatic heterocycles. The number of likely N-dealkylation sites (N-methyl/N-ethyl adjacent to an activating group) is 1. The van der Waals surface area contributed by atoms with Gasteiger partial charge in [0.05, 0.1) is 28.8 Å². The first kappa shape index (κ1) is 29.8. The topological polar surface area (TPSA) is 59.1 Å². The maximum absolute atomic E-state index is 13.5. The van der Waals surface area contributed by atoms with Gasteiger partial charge in [-0.05, 0) is 35.9 Å². The van der Waals surface area contributed by atoms with Crippen LogP contribution in [0.1, 0.15) is 27.4 Å². The average molecular weight is 623 g/mol. The van der Waals surface area contributed by atoms with Crippen LogP contribution in [0.4, 0.5) is 18.0 Å². The Hall–Kier alpha value is -1.78. The summed E-state index contributed by atoms with van der Waals surface area (Å²) in [5.74, 6) is -1.59. The number of amides is 2. The van der Waals surface area contributed by atoms with E-state index in [4.69, 9.17) is 67.5 Å². The number of hydrogen-bond donors (Lipinski definition) is 0. The van der Waals surface area contributed by atoms with Crippen molar-refractivity contribution in [3.63, 3.8) is 0 Å². The molecule has 6 nitrogen and oxygen atoms in total. The molecule has 1 aliphatic heterocycles. The number of carbonyl (C=O) groups excluding carboxylic acids is 2. The highest BCUT2D eigenvalue weighted by atomic mass is 35.6. The number of ether oxygens (including phenoxy) is 2. The van der Waals surface area contributed by atoms with E-state index in [-0.39, 0.29) is 23.7 Å². The van der Waals surface area contributed by atoms with Crippen LogP contribution in [-0.4, -0.2) is 65.5 Å². The van der Waals surface area contributed by atoms with Crippen LogP contribution >= 0.6 is 58.0 Å². The maximum atomic E-state index is 13.5. The highest BCUT2D eigenvalue weighted by molar-refractivity contribution is 6.67. The van der Waals surface area contributed by atoms with E-state index in [1.54, 1.807) is 18.2 Å². The van der Waals surface area contributed by atoms with E-state index < -0.39 is 51.8 Å². The third kappa shape index (κ3) is 7.20. The van der Waals surface area contributed by atoms with E-state index >= 15 is 0 Å². The van der Waals surface area contributed by atoms with Crippen molar-refractivity contribution in [2.75, 3.05) is 33.9 Å². The zero-order valence-electron chi connectivity index (χ0n) is 19.3. The van der Waals surface area contributed by atoms with Crippen LogP contribution in [0.25, 0.3) is 0 Å². The van der Waals surface area contributed by atoms with Crippen LogP contribution < -0.4 is 4.74 Å². The smallest absolute Gasteiger partial charge is 0.419 e. The Labute approximate surface area is 236 Å². The lowest BCUT2D eigenvalue weighted by Crippen LogP contribution is -2.42. The Morgan fingerprint density at radius 1 is 1.05 bits per heavy atom. The first-order valence-corrected chi connectivity index (χ1v) is 12.5. The largest absolute Gasteiger partial charge is 0.496 e. The number of halogens is 8. The van der Waals surface area contributed by atoms with Gasteiger partial charge in [0.1, 0.15) is 12.4 Å². The zero-order chi connectivity index (χ0) is 27.7. The molecule has 1 heterocycles. The summed E-state index contributed by atoms with van der Waals surface area (Å²) >= 11 is 29.2. The molecule has 2 aromatic rings. The molecule has 14 heteroatoms. The van der Waals surface area contributed by atoms with Gasteiger partial charge in [-0.2, -0.15) is 13.2 Å². The second-order valence-electron chi connectivity index (χ2n) is 8.25. The predicted molar refractivity (Wildman–Crippen MR) is 136 cm³/mol. The minimum absolute atomic E-state index is 0.00583. The lowest BCUT2D eigenvalue weighted by molar-refractivity contribution is -0.138. The van der Waals surface area contributed by atoms with Crippen molar-refractivity contribution in [3.8, 4) is 5.75 Å². The Balaban J connectivity index is 1.93. The summed E-state index contributed by atoms with van der Waals surface area (Å²) in [6.07, 6.45) is -5.53. The highest BCUT2D eigenvalue weighted by Gasteiger charge is 2.42. The van der Waals surface area contributed by atoms with Gasteiger partial charge in [-0.1, -0.05) is 64.1 Å². The van der Waals surface area contributed by atoms with E-state index in [9.17, 15) is 22.8 Å². The molecule has 2 atom stereocenters. The monoisotopic (exact) mass is 620 g/mol. The van der Waals surface area contributed by atoms with Crippen LogP contribution in [0.2, 0.25) is 10.0 Å². The van der Waals surface area contributed by atoms with Gasteiger partial charge in [-0.15, -0.1) is 0 Å². The number of likely N-dealkylation sites (tertiary alicyclic amines) is 1. The molecule has 0 radical (unpaired) electrons. The van der Waals surface area contributed by atoms with Crippen LogP contribution in [-0.2, 0) is 10.9 Å². The molecule has 3 rings (SSSR count). The molecule has 0 N–H and O–H groups in total. The minimum Gasteiger partial charge on any atom is -0.496 e. The van der Waals surface area contributed by atoms with Gasteiger partial charge in [-0.25, -0.2) is 4.79 Å². The Morgan fingerprint density at radius 2 is 1.73 bits per heavy atom. The normalized spacial score (nSPS) is 18.1. The summed E-state index contributed by atoms with van der Waals surface area (Å²) in [6.45, 7) is -0.417. The molecule has 1 saturated heterocycles. The van der Waals surface area contributed by atoms with E-state index in [1.807, 2.05) is 0 Å². The first-order chi connectivity index (χ1) is 17.1. The number of benzene rings is 2. The molecule has 202 valence electrons. The fourth-order valence-corrected chi connectivity index (χ4v) is 4.52. The van der Waals surface area contributed by atoms with Crippen LogP contribution in [0, 0.1) is 0 Å². The van der Waals surface area contributed by atoms with E-state index in [2.05, 4.69) is 0 Å². The molecule has 2 amide bonds. The number of alkyl halides is 6. The number of rotatable bonds is 5. The van der Waals surface area contributed by atoms with Crippen LogP contribution in [0.15, 0.2) is 36.4 Å². The van der Waals surface area contributed by atoms with Crippen molar-refractivity contribution in [3.05, 3.63) is 63.1 Å². The van der Waals surface area contributed by atoms with Crippen molar-refractivity contribution in [1.82, 2.24) is 9.80 Å². The lowest BCUT2D eigenvalue weighted by Gasteiger charge is -2.29. The van der Waals surface area contributed by atoms with Gasteiger partial charge in [-0.3, -0.25) is 4.79 Å². The number of methoxy groups -OCH3 is 1. The fraction of sp³-hybridized carbons (Fsp3) is 0.391. The van der Waals surface area contributed by atoms with Gasteiger partial charge >= 0.3 is 12.3 Å². The molecule has 1 fully saturated rings. The van der Waals surface area contributed by atoms with Crippen molar-refractivity contribution < 1.29 is 32.2 Å². The van der Waals surface area contributed by atoms with E-state index in [0.29, 0.717) is 10.6 Å². The molecular weight excluding hydrogens is 603 g/mol. The Bertz CT molecular complexity index is 1180. The highest BCUT2D eigenvalue weighted by Crippen LogP contribution is 2.38. The molecular formula is C23H20Cl5F3N2O4. The molecule has 0 saturated carbocycles. The maximum Gasteiger partial charge on any atom is 0.419 e. The van der Waals surface area contributed by atoms with Crippen LogP contribution in [0.3, 0.4) is 0 Å². The molecule has 2 unspecified atom stereocenters. The van der Waals surface area contributed by atoms with Gasteiger partial charge in [0.2, 0.25) is 3.79 Å². The van der Waals surface area contributed by atoms with Crippen molar-refractivity contribution in [2.45, 2.75) is 21.9 Å². The molecule has 2 aromatic carbocycles. The number of nitrogens with zero attached hydrogens (tertiary/aromatic N) is 2. The third-order valence-electron chi connectivity index (χ3n) is 5.85. The van der Waals surface area contributed by atoms with Gasteiger partial charge in [0.25, 0.3) is 5.91 Å². The van der Waals surface area contributed by atoms with Crippen molar-refractivity contribution in [2.24, 2.45) is 0 Å². The number of carbonyl (C=O) groups is 2. The lowest BCUT2D eigenvalue weighted by atomic mass is 9.93. The molecule has 0 aliphatic carbocycles. The molecule has 37 heavy (non-hydrogen) atoms. The van der Waals surface area contributed by atoms with Gasteiger partial charge < -0.3 is 19.3 Å². The Kier molecular flexibility index (Phi) is 9.28. The minimum atomic E-state index is -4.74. The van der Waals surface area contributed by atoms with Crippen LogP contribution in [0.5, 0.6) is 5.75 Å². The predicted octanol–water partition coefficient (Wildman–Crippen LogP) is 7.07. The summed E-state index contributed by atoms with van der Waals surface area (Å²) in [5.41, 5.74) is -0.638. The molecule has 0 bridgehead atoms. The average Bonchev–Trinajstić information content (AvgIpc) is 3.27. The van der Waals surface area contributed by atoms with E-state index in [0.717, 1.165) is 19.2 Å². The summed E-state index contributed by atoms with van der Waals surface area (Å²) in [7, 11) is 2.54. The molecule has 1 aliphatic rings. The summed E-state index contributed by atoms with van der Waals surface area (Å²) in [6, 6.07) is 7.25. The van der Waals surface area contributed by atoms with Crippen molar-refractivity contribution in [1.29, 1.82) is 0 Å². The SMILES string of the molecule is COc1ccc(C(=O)N(C)C2CN(C(=O)OCC(Cl)(Cl)Cl)CC2c2ccc(Cl)c(Cl)c2)cc1C(F)(F)F. The standard InChI is InChI=1S/C23H20Cl5F3N2O4/c1-32(20(34)13-4-6-19(36-2)15(7-13)23(29,30)31)18-10-33(21(35)37-11-22(26,27)28)9-14(18)12-3-5-16(24)17(25)8-12/h3-8,14,18H,9-11H2,1-2H3. The molecule has 0 spiro atoms. The first-order valence-electron chi connectivity index (χ1n) is 10.6. The van der Waals surface area contributed by atoms with Gasteiger partial charge in [0.15, 0.2) is 0 Å². The fourth-order valence-electron chi connectivity index (χ4n) is 4.05. The summed E-state index contributed by atoms with van der Waals surface area (Å²) < 4.78 is 48.6.